The van der Waals surface area contributed by atoms with Crippen LogP contribution in [0.3, 0.4) is 0 Å². The SMILES string of the molecule is O=C(COc1ccccc1Cl)Nc1ccnn1Cc1ccco1. The van der Waals surface area contributed by atoms with Crippen molar-refractivity contribution in [2.75, 3.05) is 11.9 Å². The van der Waals surface area contributed by atoms with Crippen LogP contribution in [0.15, 0.2) is 59.3 Å². The van der Waals surface area contributed by atoms with Gasteiger partial charge in [-0.1, -0.05) is 23.7 Å². The fourth-order valence-corrected chi connectivity index (χ4v) is 2.19. The van der Waals surface area contributed by atoms with Gasteiger partial charge in [-0.25, -0.2) is 4.68 Å². The molecule has 0 saturated carbocycles. The topological polar surface area (TPSA) is 69.3 Å². The molecule has 0 fully saturated rings. The van der Waals surface area contributed by atoms with Crippen LogP contribution < -0.4 is 10.1 Å². The Morgan fingerprint density at radius 2 is 2.13 bits per heavy atom. The van der Waals surface area contributed by atoms with Gasteiger partial charge in [-0.3, -0.25) is 4.79 Å². The van der Waals surface area contributed by atoms with E-state index in [9.17, 15) is 4.79 Å². The van der Waals surface area contributed by atoms with E-state index in [1.165, 1.54) is 0 Å². The summed E-state index contributed by atoms with van der Waals surface area (Å²) in [5, 5.41) is 7.36. The van der Waals surface area contributed by atoms with Crippen molar-refractivity contribution in [2.24, 2.45) is 0 Å². The summed E-state index contributed by atoms with van der Waals surface area (Å²) in [6, 6.07) is 12.3. The molecule has 23 heavy (non-hydrogen) atoms. The molecule has 118 valence electrons. The predicted octanol–water partition coefficient (Wildman–Crippen LogP) is 3.20. The summed E-state index contributed by atoms with van der Waals surface area (Å²) in [5.41, 5.74) is 0. The second-order valence-corrected chi connectivity index (χ2v) is 5.13. The highest BCUT2D eigenvalue weighted by Gasteiger charge is 2.10. The van der Waals surface area contributed by atoms with E-state index in [0.717, 1.165) is 5.76 Å². The molecule has 0 saturated heterocycles. The van der Waals surface area contributed by atoms with Gasteiger partial charge in [0, 0.05) is 6.07 Å². The average molecular weight is 332 g/mol. The molecule has 6 nitrogen and oxygen atoms in total. The lowest BCUT2D eigenvalue weighted by atomic mass is 10.3. The first-order chi connectivity index (χ1) is 11.2. The van der Waals surface area contributed by atoms with E-state index in [0.29, 0.717) is 23.1 Å². The van der Waals surface area contributed by atoms with Crippen molar-refractivity contribution >= 4 is 23.3 Å². The first kappa shape index (κ1) is 15.2. The summed E-state index contributed by atoms with van der Waals surface area (Å²) >= 11 is 5.97. The Balaban J connectivity index is 1.58. The minimum absolute atomic E-state index is 0.143. The van der Waals surface area contributed by atoms with Crippen LogP contribution in [-0.4, -0.2) is 22.3 Å². The number of hydrogen-bond acceptors (Lipinski definition) is 4. The zero-order valence-electron chi connectivity index (χ0n) is 12.1. The molecule has 0 radical (unpaired) electrons. The van der Waals surface area contributed by atoms with E-state index in [2.05, 4.69) is 10.4 Å². The number of nitrogens with one attached hydrogen (secondary N) is 1. The zero-order valence-corrected chi connectivity index (χ0v) is 12.9. The Bertz CT molecular complexity index is 783. The lowest BCUT2D eigenvalue weighted by Crippen LogP contribution is -2.22. The molecule has 7 heteroatoms. The van der Waals surface area contributed by atoms with Gasteiger partial charge < -0.3 is 14.5 Å². The summed E-state index contributed by atoms with van der Waals surface area (Å²) in [6.45, 7) is 0.288. The van der Waals surface area contributed by atoms with Gasteiger partial charge in [-0.15, -0.1) is 0 Å². The van der Waals surface area contributed by atoms with Crippen LogP contribution in [0, 0.1) is 0 Å². The van der Waals surface area contributed by atoms with E-state index in [-0.39, 0.29) is 12.5 Å². The Hall–Kier alpha value is -2.73. The van der Waals surface area contributed by atoms with Crippen LogP contribution in [-0.2, 0) is 11.3 Å². The van der Waals surface area contributed by atoms with E-state index in [4.69, 9.17) is 20.8 Å². The summed E-state index contributed by atoms with van der Waals surface area (Å²) in [7, 11) is 0. The molecule has 1 N–H and O–H groups in total. The first-order valence-electron chi connectivity index (χ1n) is 6.94. The number of halogens is 1. The normalized spacial score (nSPS) is 10.5. The number of hydrogen-bond donors (Lipinski definition) is 1. The van der Waals surface area contributed by atoms with E-state index in [1.807, 2.05) is 6.07 Å². The highest BCUT2D eigenvalue weighted by atomic mass is 35.5. The van der Waals surface area contributed by atoms with Crippen molar-refractivity contribution in [2.45, 2.75) is 6.54 Å². The van der Waals surface area contributed by atoms with Gasteiger partial charge in [0.2, 0.25) is 0 Å². The number of carbonyl (C=O) groups excluding carboxylic acids is 1. The second kappa shape index (κ2) is 7.02. The third kappa shape index (κ3) is 3.92. The van der Waals surface area contributed by atoms with Gasteiger partial charge in [0.15, 0.2) is 6.61 Å². The molecule has 1 aromatic carbocycles. The molecule has 3 aromatic rings. The summed E-state index contributed by atoms with van der Waals surface area (Å²) in [6.07, 6.45) is 3.20. The van der Waals surface area contributed by atoms with E-state index in [1.54, 1.807) is 53.5 Å². The fourth-order valence-electron chi connectivity index (χ4n) is 2.00. The number of ether oxygens (including phenoxy) is 1. The summed E-state index contributed by atoms with van der Waals surface area (Å²) in [4.78, 5) is 12.0. The van der Waals surface area contributed by atoms with Crippen LogP contribution >= 0.6 is 11.6 Å². The quantitative estimate of drug-likeness (QED) is 0.753. The van der Waals surface area contributed by atoms with Gasteiger partial charge in [0.05, 0.1) is 17.5 Å². The summed E-state index contributed by atoms with van der Waals surface area (Å²) in [5.74, 6) is 1.48. The van der Waals surface area contributed by atoms with Gasteiger partial charge in [0.1, 0.15) is 23.9 Å². The number of carbonyl (C=O) groups is 1. The van der Waals surface area contributed by atoms with Crippen molar-refractivity contribution in [3.05, 3.63) is 65.7 Å². The Labute approximate surface area is 137 Å². The first-order valence-corrected chi connectivity index (χ1v) is 7.31. The maximum absolute atomic E-state index is 12.0. The van der Waals surface area contributed by atoms with E-state index >= 15 is 0 Å². The van der Waals surface area contributed by atoms with Crippen molar-refractivity contribution in [3.63, 3.8) is 0 Å². The van der Waals surface area contributed by atoms with Crippen LogP contribution in [0.1, 0.15) is 5.76 Å². The minimum Gasteiger partial charge on any atom is -0.482 e. The van der Waals surface area contributed by atoms with Crippen molar-refractivity contribution in [1.29, 1.82) is 0 Å². The van der Waals surface area contributed by atoms with Gasteiger partial charge in [0.25, 0.3) is 5.91 Å². The number of anilines is 1. The molecule has 0 aliphatic rings. The van der Waals surface area contributed by atoms with Gasteiger partial charge in [-0.05, 0) is 24.3 Å². The lowest BCUT2D eigenvalue weighted by Gasteiger charge is -2.10. The number of aromatic nitrogens is 2. The standard InChI is InChI=1S/C16H14ClN3O3/c17-13-5-1-2-6-14(13)23-11-16(21)19-15-7-8-18-20(15)10-12-4-3-9-22-12/h1-9H,10-11H2,(H,19,21). The molecule has 2 heterocycles. The summed E-state index contributed by atoms with van der Waals surface area (Å²) < 4.78 is 12.3. The average Bonchev–Trinajstić information content (AvgIpc) is 3.20. The van der Waals surface area contributed by atoms with Gasteiger partial charge >= 0.3 is 0 Å². The molecule has 2 aromatic heterocycles. The number of benzene rings is 1. The Morgan fingerprint density at radius 1 is 1.26 bits per heavy atom. The number of amides is 1. The predicted molar refractivity (Wildman–Crippen MR) is 85.6 cm³/mol. The number of nitrogens with zero attached hydrogens (tertiary/aromatic N) is 2. The van der Waals surface area contributed by atoms with Crippen molar-refractivity contribution in [3.8, 4) is 5.75 Å². The highest BCUT2D eigenvalue weighted by molar-refractivity contribution is 6.32. The maximum Gasteiger partial charge on any atom is 0.263 e. The van der Waals surface area contributed by atoms with Crippen LogP contribution in [0.2, 0.25) is 5.02 Å². The lowest BCUT2D eigenvalue weighted by molar-refractivity contribution is -0.118. The van der Waals surface area contributed by atoms with Gasteiger partial charge in [-0.2, -0.15) is 5.10 Å². The molecule has 0 aliphatic heterocycles. The smallest absolute Gasteiger partial charge is 0.263 e. The molecule has 0 unspecified atom stereocenters. The largest absolute Gasteiger partial charge is 0.482 e. The second-order valence-electron chi connectivity index (χ2n) is 4.72. The molecule has 0 spiro atoms. The molecule has 0 aliphatic carbocycles. The van der Waals surface area contributed by atoms with Crippen LogP contribution in [0.4, 0.5) is 5.82 Å². The third-order valence-electron chi connectivity index (χ3n) is 3.07. The van der Waals surface area contributed by atoms with Crippen molar-refractivity contribution < 1.29 is 13.9 Å². The minimum atomic E-state index is -0.300. The fraction of sp³-hybridized carbons (Fsp3) is 0.125. The zero-order chi connectivity index (χ0) is 16.1. The number of furan rings is 1. The maximum atomic E-state index is 12.0. The Kier molecular flexibility index (Phi) is 4.63. The molecule has 1 amide bonds. The van der Waals surface area contributed by atoms with E-state index < -0.39 is 0 Å². The van der Waals surface area contributed by atoms with Crippen LogP contribution in [0.25, 0.3) is 0 Å². The number of rotatable bonds is 6. The Morgan fingerprint density at radius 3 is 2.91 bits per heavy atom. The molecule has 3 rings (SSSR count). The van der Waals surface area contributed by atoms with Crippen LogP contribution in [0.5, 0.6) is 5.75 Å². The number of para-hydroxylation sites is 1. The van der Waals surface area contributed by atoms with Crippen molar-refractivity contribution in [1.82, 2.24) is 9.78 Å². The molecule has 0 bridgehead atoms. The monoisotopic (exact) mass is 331 g/mol. The molecule has 0 atom stereocenters. The molecular weight excluding hydrogens is 318 g/mol. The third-order valence-corrected chi connectivity index (χ3v) is 3.38. The molecular formula is C16H14ClN3O3. The highest BCUT2D eigenvalue weighted by Crippen LogP contribution is 2.23.